The van der Waals surface area contributed by atoms with Crippen molar-refractivity contribution < 1.29 is 4.79 Å². The number of nitrogens with zero attached hydrogens (tertiary/aromatic N) is 4. The summed E-state index contributed by atoms with van der Waals surface area (Å²) in [5.74, 6) is 0.923. The molecule has 2 amide bonds. The molecule has 0 bridgehead atoms. The molecule has 2 aliphatic rings. The van der Waals surface area contributed by atoms with Crippen molar-refractivity contribution in [2.45, 2.75) is 25.9 Å². The fourth-order valence-corrected chi connectivity index (χ4v) is 4.55. The second kappa shape index (κ2) is 7.37. The van der Waals surface area contributed by atoms with E-state index < -0.39 is 0 Å². The normalized spacial score (nSPS) is 15.7. The molecule has 0 atom stereocenters. The lowest BCUT2D eigenvalue weighted by molar-refractivity contribution is 0.191. The number of carbonyl (C=O) groups excluding carboxylic acids is 1. The zero-order valence-electron chi connectivity index (χ0n) is 14.9. The maximum absolute atomic E-state index is 13.3. The van der Waals surface area contributed by atoms with Crippen LogP contribution >= 0.6 is 23.7 Å². The lowest BCUT2D eigenvalue weighted by atomic mass is 10.1. The average Bonchev–Trinajstić information content (AvgIpc) is 3.37. The fourth-order valence-electron chi connectivity index (χ4n) is 3.92. The number of thiophene rings is 1. The molecule has 1 aromatic carbocycles. The van der Waals surface area contributed by atoms with Crippen molar-refractivity contribution in [1.82, 2.24) is 14.5 Å². The van der Waals surface area contributed by atoms with E-state index in [1.165, 1.54) is 6.42 Å². The summed E-state index contributed by atoms with van der Waals surface area (Å²) >= 11 is 1.66. The van der Waals surface area contributed by atoms with Gasteiger partial charge in [-0.3, -0.25) is 4.90 Å². The van der Waals surface area contributed by atoms with Gasteiger partial charge in [0.1, 0.15) is 12.5 Å². The van der Waals surface area contributed by atoms with Crippen LogP contribution in [-0.4, -0.2) is 33.6 Å². The van der Waals surface area contributed by atoms with E-state index in [9.17, 15) is 4.79 Å². The SMILES string of the molecule is Cl.O=C(N1CCCCC1)N1Cn2c(cnc2-c2ccsc2)-c2ccccc21. The van der Waals surface area contributed by atoms with Crippen molar-refractivity contribution >= 4 is 35.5 Å². The lowest BCUT2D eigenvalue weighted by Crippen LogP contribution is -2.47. The van der Waals surface area contributed by atoms with Crippen molar-refractivity contribution in [3.63, 3.8) is 0 Å². The predicted molar refractivity (Wildman–Crippen MR) is 112 cm³/mol. The maximum atomic E-state index is 13.3. The van der Waals surface area contributed by atoms with Gasteiger partial charge in [-0.1, -0.05) is 18.2 Å². The summed E-state index contributed by atoms with van der Waals surface area (Å²) in [7, 11) is 0. The fraction of sp³-hybridized carbons (Fsp3) is 0.300. The highest BCUT2D eigenvalue weighted by atomic mass is 35.5. The van der Waals surface area contributed by atoms with Gasteiger partial charge in [0.05, 0.1) is 17.6 Å². The number of urea groups is 1. The third-order valence-corrected chi connectivity index (χ3v) is 5.93. The van der Waals surface area contributed by atoms with E-state index in [2.05, 4.69) is 32.4 Å². The number of hydrogen-bond donors (Lipinski definition) is 0. The van der Waals surface area contributed by atoms with Crippen LogP contribution in [0.25, 0.3) is 22.6 Å². The summed E-state index contributed by atoms with van der Waals surface area (Å²) in [5, 5.41) is 4.16. The van der Waals surface area contributed by atoms with Crippen LogP contribution in [0, 0.1) is 0 Å². The van der Waals surface area contributed by atoms with Gasteiger partial charge in [-0.05, 0) is 36.8 Å². The summed E-state index contributed by atoms with van der Waals surface area (Å²) in [6, 6.07) is 10.3. The largest absolute Gasteiger partial charge is 0.326 e. The molecule has 1 saturated heterocycles. The van der Waals surface area contributed by atoms with Gasteiger partial charge >= 0.3 is 6.03 Å². The van der Waals surface area contributed by atoms with E-state index in [4.69, 9.17) is 0 Å². The number of para-hydroxylation sites is 1. The Kier molecular flexibility index (Phi) is 4.93. The molecule has 0 spiro atoms. The minimum absolute atomic E-state index is 0. The van der Waals surface area contributed by atoms with Crippen molar-refractivity contribution in [1.29, 1.82) is 0 Å². The van der Waals surface area contributed by atoms with Crippen molar-refractivity contribution in [3.05, 3.63) is 47.3 Å². The van der Waals surface area contributed by atoms with Crippen LogP contribution in [0.15, 0.2) is 47.3 Å². The van der Waals surface area contributed by atoms with Crippen LogP contribution < -0.4 is 4.90 Å². The Hall–Kier alpha value is -2.31. The number of hydrogen-bond acceptors (Lipinski definition) is 3. The highest BCUT2D eigenvalue weighted by Gasteiger charge is 2.31. The van der Waals surface area contributed by atoms with Gasteiger partial charge in [-0.2, -0.15) is 11.3 Å². The van der Waals surface area contributed by atoms with Crippen LogP contribution in [0.1, 0.15) is 19.3 Å². The van der Waals surface area contributed by atoms with E-state index in [1.807, 2.05) is 34.2 Å². The number of rotatable bonds is 1. The molecule has 1 fully saturated rings. The molecule has 27 heavy (non-hydrogen) atoms. The summed E-state index contributed by atoms with van der Waals surface area (Å²) in [6.07, 6.45) is 5.33. The monoisotopic (exact) mass is 400 g/mol. The van der Waals surface area contributed by atoms with Gasteiger partial charge in [0, 0.05) is 29.6 Å². The molecule has 0 radical (unpaired) electrons. The standard InChI is InChI=1S/C20H20N4OS.ClH/c25-20(22-9-4-1-5-10-22)24-14-23-18(16-6-2-3-7-17(16)24)12-21-19(23)15-8-11-26-13-15;/h2-3,6-8,11-13H,1,4-5,9-10,14H2;1H. The quantitative estimate of drug-likeness (QED) is 0.571. The molecule has 5 nitrogen and oxygen atoms in total. The molecule has 7 heteroatoms. The van der Waals surface area contributed by atoms with E-state index in [0.29, 0.717) is 6.67 Å². The molecular formula is C20H21ClN4OS. The third kappa shape index (κ3) is 3.03. The number of aromatic nitrogens is 2. The van der Waals surface area contributed by atoms with E-state index in [0.717, 1.165) is 54.3 Å². The molecule has 4 heterocycles. The average molecular weight is 401 g/mol. The molecule has 0 unspecified atom stereocenters. The predicted octanol–water partition coefficient (Wildman–Crippen LogP) is 5.08. The zero-order chi connectivity index (χ0) is 17.5. The van der Waals surface area contributed by atoms with Crippen molar-refractivity contribution in [2.24, 2.45) is 0 Å². The lowest BCUT2D eigenvalue weighted by Gasteiger charge is -2.36. The Labute approximate surface area is 168 Å². The Morgan fingerprint density at radius 1 is 1.07 bits per heavy atom. The van der Waals surface area contributed by atoms with Gasteiger partial charge in [0.2, 0.25) is 0 Å². The number of fused-ring (bicyclic) bond motifs is 3. The van der Waals surface area contributed by atoms with Crippen molar-refractivity contribution in [3.8, 4) is 22.6 Å². The topological polar surface area (TPSA) is 41.4 Å². The first kappa shape index (κ1) is 18.1. The molecule has 0 aliphatic carbocycles. The number of halogens is 1. The van der Waals surface area contributed by atoms with Crippen molar-refractivity contribution in [2.75, 3.05) is 18.0 Å². The second-order valence-corrected chi connectivity index (χ2v) is 7.60. The number of anilines is 1. The summed E-state index contributed by atoms with van der Waals surface area (Å²) in [4.78, 5) is 21.8. The molecule has 0 saturated carbocycles. The molecular weight excluding hydrogens is 380 g/mol. The van der Waals surface area contributed by atoms with Crippen LogP contribution in [0.2, 0.25) is 0 Å². The van der Waals surface area contributed by atoms with E-state index in [-0.39, 0.29) is 18.4 Å². The van der Waals surface area contributed by atoms with Gasteiger partial charge in [0.15, 0.2) is 0 Å². The summed E-state index contributed by atoms with van der Waals surface area (Å²) in [5.41, 5.74) is 4.22. The van der Waals surface area contributed by atoms with Gasteiger partial charge in [0.25, 0.3) is 0 Å². The smallest absolute Gasteiger partial charge is 0.324 e. The van der Waals surface area contributed by atoms with E-state index >= 15 is 0 Å². The minimum atomic E-state index is 0. The highest BCUT2D eigenvalue weighted by molar-refractivity contribution is 7.08. The van der Waals surface area contributed by atoms with Crippen LogP contribution in [0.4, 0.5) is 10.5 Å². The first-order valence-electron chi connectivity index (χ1n) is 9.07. The third-order valence-electron chi connectivity index (χ3n) is 5.25. The highest BCUT2D eigenvalue weighted by Crippen LogP contribution is 2.39. The number of imidazole rings is 1. The summed E-state index contributed by atoms with van der Waals surface area (Å²) < 4.78 is 2.16. The van der Waals surface area contributed by atoms with Gasteiger partial charge in [-0.15, -0.1) is 12.4 Å². The Balaban J connectivity index is 0.00000180. The Morgan fingerprint density at radius 2 is 1.89 bits per heavy atom. The van der Waals surface area contributed by atoms with Crippen LogP contribution in [-0.2, 0) is 6.67 Å². The number of amides is 2. The number of carbonyl (C=O) groups is 1. The van der Waals surface area contributed by atoms with Gasteiger partial charge < -0.3 is 9.47 Å². The molecule has 2 aliphatic heterocycles. The first-order chi connectivity index (χ1) is 12.8. The summed E-state index contributed by atoms with van der Waals surface area (Å²) in [6.45, 7) is 2.21. The Bertz CT molecular complexity index is 947. The molecule has 0 N–H and O–H groups in total. The molecule has 5 rings (SSSR count). The molecule has 3 aromatic rings. The number of piperidine rings is 1. The van der Waals surface area contributed by atoms with Crippen LogP contribution in [0.5, 0.6) is 0 Å². The number of benzene rings is 1. The van der Waals surface area contributed by atoms with E-state index in [1.54, 1.807) is 11.3 Å². The minimum Gasteiger partial charge on any atom is -0.324 e. The first-order valence-corrected chi connectivity index (χ1v) is 10.0. The maximum Gasteiger partial charge on any atom is 0.326 e. The van der Waals surface area contributed by atoms with Crippen LogP contribution in [0.3, 0.4) is 0 Å². The molecule has 2 aromatic heterocycles. The zero-order valence-corrected chi connectivity index (χ0v) is 16.5. The molecule has 140 valence electrons. The van der Waals surface area contributed by atoms with Gasteiger partial charge in [-0.25, -0.2) is 9.78 Å². The second-order valence-electron chi connectivity index (χ2n) is 6.82. The number of likely N-dealkylation sites (tertiary alicyclic amines) is 1. The Morgan fingerprint density at radius 3 is 2.67 bits per heavy atom.